The average Bonchev–Trinajstić information content (AvgIpc) is 2.92. The lowest BCUT2D eigenvalue weighted by Gasteiger charge is -2.23. The molecule has 0 saturated carbocycles. The number of ether oxygens (including phenoxy) is 1. The number of hydrogen-bond acceptors (Lipinski definition) is 5. The van der Waals surface area contributed by atoms with E-state index in [1.165, 1.54) is 16.5 Å². The summed E-state index contributed by atoms with van der Waals surface area (Å²) in [4.78, 5) is 23.1. The van der Waals surface area contributed by atoms with Crippen LogP contribution in [0.3, 0.4) is 0 Å². The monoisotopic (exact) mass is 478 g/mol. The summed E-state index contributed by atoms with van der Waals surface area (Å²) in [6.45, 7) is 3.33. The molecule has 5 rings (SSSR count). The van der Waals surface area contributed by atoms with Gasteiger partial charge in [0.05, 0.1) is 17.6 Å². The van der Waals surface area contributed by atoms with Gasteiger partial charge in [-0.25, -0.2) is 0 Å². The Morgan fingerprint density at radius 3 is 2.75 bits per heavy atom. The fraction of sp³-hybridized carbons (Fsp3) is 0.233. The molecule has 0 unspecified atom stereocenters. The van der Waals surface area contributed by atoms with Gasteiger partial charge >= 0.3 is 0 Å². The van der Waals surface area contributed by atoms with Crippen molar-refractivity contribution in [2.24, 2.45) is 7.05 Å². The molecular weight excluding hydrogens is 448 g/mol. The molecule has 0 saturated heterocycles. The van der Waals surface area contributed by atoms with Crippen LogP contribution in [-0.4, -0.2) is 39.1 Å². The number of para-hydroxylation sites is 1. The van der Waals surface area contributed by atoms with Crippen LogP contribution in [0.15, 0.2) is 96.2 Å². The maximum atomic E-state index is 11.9. The van der Waals surface area contributed by atoms with Crippen molar-refractivity contribution in [3.05, 3.63) is 113 Å². The van der Waals surface area contributed by atoms with E-state index in [4.69, 9.17) is 4.74 Å². The first-order valence-electron chi connectivity index (χ1n) is 12.3. The van der Waals surface area contributed by atoms with Gasteiger partial charge in [-0.05, 0) is 66.4 Å². The minimum absolute atomic E-state index is 0.00970. The summed E-state index contributed by atoms with van der Waals surface area (Å²) in [6.07, 6.45) is 7.50. The molecule has 3 heterocycles. The average molecular weight is 479 g/mol. The molecule has 3 aromatic heterocycles. The highest BCUT2D eigenvalue weighted by atomic mass is 16.5. The van der Waals surface area contributed by atoms with E-state index in [0.29, 0.717) is 6.61 Å². The summed E-state index contributed by atoms with van der Waals surface area (Å²) in [6, 6.07) is 23.9. The number of fused-ring (bicyclic) bond motifs is 2. The van der Waals surface area contributed by atoms with Crippen molar-refractivity contribution >= 4 is 21.8 Å². The summed E-state index contributed by atoms with van der Waals surface area (Å²) in [5, 5.41) is 2.20. The maximum absolute atomic E-state index is 11.9. The van der Waals surface area contributed by atoms with Gasteiger partial charge in [-0.2, -0.15) is 0 Å². The predicted octanol–water partition coefficient (Wildman–Crippen LogP) is 5.00. The molecule has 0 amide bonds. The number of aromatic nitrogens is 3. The van der Waals surface area contributed by atoms with Crippen LogP contribution in [-0.2, 0) is 20.0 Å². The van der Waals surface area contributed by atoms with Crippen LogP contribution in [0.4, 0.5) is 0 Å². The number of rotatable bonds is 10. The van der Waals surface area contributed by atoms with Crippen molar-refractivity contribution in [1.82, 2.24) is 19.4 Å². The van der Waals surface area contributed by atoms with Crippen molar-refractivity contribution in [2.75, 3.05) is 19.7 Å². The Kier molecular flexibility index (Phi) is 7.33. The quantitative estimate of drug-likeness (QED) is 0.265. The highest BCUT2D eigenvalue weighted by Crippen LogP contribution is 2.21. The summed E-state index contributed by atoms with van der Waals surface area (Å²) >= 11 is 0. The van der Waals surface area contributed by atoms with E-state index in [2.05, 4.69) is 45.2 Å². The third kappa shape index (κ3) is 5.61. The molecule has 0 radical (unpaired) electrons. The van der Waals surface area contributed by atoms with Crippen LogP contribution in [0.25, 0.3) is 21.8 Å². The Morgan fingerprint density at radius 2 is 1.86 bits per heavy atom. The Bertz CT molecular complexity index is 1510. The molecule has 0 aliphatic carbocycles. The van der Waals surface area contributed by atoms with Gasteiger partial charge in [-0.15, -0.1) is 0 Å². The Balaban J connectivity index is 1.24. The van der Waals surface area contributed by atoms with E-state index in [1.54, 1.807) is 17.7 Å². The minimum Gasteiger partial charge on any atom is -0.494 e. The number of aryl methyl sites for hydroxylation is 1. The minimum atomic E-state index is -0.00970. The second-order valence-corrected chi connectivity index (χ2v) is 9.03. The van der Waals surface area contributed by atoms with Gasteiger partial charge in [0.2, 0.25) is 0 Å². The normalized spacial score (nSPS) is 11.4. The lowest BCUT2D eigenvalue weighted by atomic mass is 10.1. The number of hydrogen-bond donors (Lipinski definition) is 0. The topological polar surface area (TPSA) is 60.2 Å². The lowest BCUT2D eigenvalue weighted by molar-refractivity contribution is 0.230. The molecule has 2 aromatic carbocycles. The maximum Gasteiger partial charge on any atom is 0.250 e. The largest absolute Gasteiger partial charge is 0.494 e. The van der Waals surface area contributed by atoms with E-state index >= 15 is 0 Å². The molecule has 0 aliphatic rings. The Morgan fingerprint density at radius 1 is 0.944 bits per heavy atom. The molecule has 0 fully saturated rings. The molecule has 36 heavy (non-hydrogen) atoms. The van der Waals surface area contributed by atoms with Crippen molar-refractivity contribution in [2.45, 2.75) is 19.4 Å². The lowest BCUT2D eigenvalue weighted by Crippen LogP contribution is -2.28. The van der Waals surface area contributed by atoms with Gasteiger partial charge in [0.1, 0.15) is 5.75 Å². The van der Waals surface area contributed by atoms with E-state index < -0.39 is 0 Å². The molecule has 0 spiro atoms. The number of pyridine rings is 3. The van der Waals surface area contributed by atoms with Gasteiger partial charge in [0, 0.05) is 62.1 Å². The summed E-state index contributed by atoms with van der Waals surface area (Å²) in [5.74, 6) is 0.822. The smallest absolute Gasteiger partial charge is 0.250 e. The number of nitrogens with zero attached hydrogens (tertiary/aromatic N) is 4. The van der Waals surface area contributed by atoms with E-state index in [9.17, 15) is 4.79 Å². The zero-order valence-corrected chi connectivity index (χ0v) is 20.5. The first kappa shape index (κ1) is 23.7. The highest BCUT2D eigenvalue weighted by Gasteiger charge is 2.10. The fourth-order valence-electron chi connectivity index (χ4n) is 4.57. The van der Waals surface area contributed by atoms with Crippen molar-refractivity contribution in [3.63, 3.8) is 0 Å². The summed E-state index contributed by atoms with van der Waals surface area (Å²) < 4.78 is 7.74. The fourth-order valence-corrected chi connectivity index (χ4v) is 4.57. The predicted molar refractivity (Wildman–Crippen MR) is 144 cm³/mol. The molecule has 0 bridgehead atoms. The second-order valence-electron chi connectivity index (χ2n) is 9.03. The van der Waals surface area contributed by atoms with E-state index in [-0.39, 0.29) is 5.56 Å². The zero-order chi connectivity index (χ0) is 24.7. The molecule has 6 heteroatoms. The number of benzene rings is 2. The van der Waals surface area contributed by atoms with Crippen molar-refractivity contribution in [1.29, 1.82) is 0 Å². The van der Waals surface area contributed by atoms with Gasteiger partial charge in [0.25, 0.3) is 5.56 Å². The van der Waals surface area contributed by atoms with Crippen LogP contribution in [0.2, 0.25) is 0 Å². The second kappa shape index (κ2) is 11.1. The van der Waals surface area contributed by atoms with Gasteiger partial charge in [0.15, 0.2) is 0 Å². The SMILES string of the molecule is Cn1c(=O)ccc2cc(OCCCN(CCc3cccnc3)Cc3ccnc4ccccc34)ccc21. The molecule has 0 N–H and O–H groups in total. The van der Waals surface area contributed by atoms with Crippen molar-refractivity contribution < 1.29 is 4.74 Å². The summed E-state index contributed by atoms with van der Waals surface area (Å²) in [7, 11) is 1.79. The van der Waals surface area contributed by atoms with Crippen molar-refractivity contribution in [3.8, 4) is 5.75 Å². The van der Waals surface area contributed by atoms with Crippen LogP contribution in [0.1, 0.15) is 17.5 Å². The van der Waals surface area contributed by atoms with Gasteiger partial charge in [-0.1, -0.05) is 24.3 Å². The Hall–Kier alpha value is -4.03. The standard InChI is InChI=1S/C30H30N4O2/c1-33-29-11-10-26(20-24(29)9-12-30(33)35)36-19-5-17-34(18-14-23-6-4-15-31-21-23)22-25-13-16-32-28-8-3-2-7-27(25)28/h2-4,6-13,15-16,20-21H,5,14,17-19,22H2,1H3. The first-order chi connectivity index (χ1) is 17.7. The van der Waals surface area contributed by atoms with E-state index in [0.717, 1.165) is 54.6 Å². The molecule has 182 valence electrons. The third-order valence-corrected chi connectivity index (χ3v) is 6.56. The molecule has 5 aromatic rings. The zero-order valence-electron chi connectivity index (χ0n) is 20.5. The van der Waals surface area contributed by atoms with Crippen LogP contribution >= 0.6 is 0 Å². The first-order valence-corrected chi connectivity index (χ1v) is 12.3. The summed E-state index contributed by atoms with van der Waals surface area (Å²) in [5.41, 5.74) is 4.45. The third-order valence-electron chi connectivity index (χ3n) is 6.56. The molecule has 0 aliphatic heterocycles. The molecular formula is C30H30N4O2. The van der Waals surface area contributed by atoms with Crippen LogP contribution in [0, 0.1) is 0 Å². The van der Waals surface area contributed by atoms with Crippen LogP contribution in [0.5, 0.6) is 5.75 Å². The van der Waals surface area contributed by atoms with Gasteiger partial charge in [-0.3, -0.25) is 19.7 Å². The van der Waals surface area contributed by atoms with Crippen LogP contribution < -0.4 is 10.3 Å². The highest BCUT2D eigenvalue weighted by molar-refractivity contribution is 5.82. The van der Waals surface area contributed by atoms with E-state index in [1.807, 2.05) is 55.0 Å². The Labute approximate surface area is 210 Å². The molecule has 6 nitrogen and oxygen atoms in total. The van der Waals surface area contributed by atoms with Gasteiger partial charge < -0.3 is 9.30 Å². The molecule has 0 atom stereocenters.